The van der Waals surface area contributed by atoms with E-state index in [0.717, 1.165) is 4.90 Å². The number of hydrogen-bond acceptors (Lipinski definition) is 5. The average molecular weight is 464 g/mol. The first kappa shape index (κ1) is 21.8. The van der Waals surface area contributed by atoms with Crippen LogP contribution in [0.2, 0.25) is 5.02 Å². The Hall–Kier alpha value is -2.46. The Morgan fingerprint density at radius 3 is 2.52 bits per heavy atom. The minimum Gasteiger partial charge on any atom is -0.379 e. The molecule has 10 heteroatoms. The van der Waals surface area contributed by atoms with Crippen molar-refractivity contribution in [3.8, 4) is 0 Å². The number of nitrogens with zero attached hydrogens (tertiary/aromatic N) is 2. The number of carbonyl (C=O) groups excluding carboxylic acids is 2. The lowest BCUT2D eigenvalue weighted by molar-refractivity contribution is -0.131. The molecule has 0 bridgehead atoms. The van der Waals surface area contributed by atoms with E-state index in [-0.39, 0.29) is 24.5 Å². The van der Waals surface area contributed by atoms with Gasteiger partial charge in [0.2, 0.25) is 10.0 Å². The van der Waals surface area contributed by atoms with E-state index in [9.17, 15) is 18.0 Å². The zero-order valence-corrected chi connectivity index (χ0v) is 18.4. The number of rotatable bonds is 5. The first-order valence-electron chi connectivity index (χ1n) is 9.79. The Morgan fingerprint density at radius 1 is 1.10 bits per heavy atom. The molecule has 31 heavy (non-hydrogen) atoms. The molecule has 164 valence electrons. The maximum Gasteiger partial charge on any atom is 0.325 e. The van der Waals surface area contributed by atoms with Crippen LogP contribution < -0.4 is 5.32 Å². The fourth-order valence-electron chi connectivity index (χ4n) is 3.81. The molecule has 0 spiro atoms. The van der Waals surface area contributed by atoms with Crippen molar-refractivity contribution in [2.75, 3.05) is 26.3 Å². The second-order valence-electron chi connectivity index (χ2n) is 7.59. The normalized spacial score (nSPS) is 22.6. The highest BCUT2D eigenvalue weighted by atomic mass is 35.5. The van der Waals surface area contributed by atoms with Crippen LogP contribution in [-0.4, -0.2) is 55.9 Å². The fourth-order valence-corrected chi connectivity index (χ4v) is 5.62. The number of morpholine rings is 1. The second kappa shape index (κ2) is 8.23. The Morgan fingerprint density at radius 2 is 1.81 bits per heavy atom. The summed E-state index contributed by atoms with van der Waals surface area (Å²) in [6, 6.07) is 12.6. The van der Waals surface area contributed by atoms with Crippen LogP contribution >= 0.6 is 11.6 Å². The molecule has 2 aliphatic rings. The first-order chi connectivity index (χ1) is 14.7. The number of carbonyl (C=O) groups is 2. The molecular formula is C21H22ClN3O5S. The van der Waals surface area contributed by atoms with Gasteiger partial charge in [0.25, 0.3) is 5.91 Å². The highest BCUT2D eigenvalue weighted by molar-refractivity contribution is 7.89. The Labute approximate surface area is 185 Å². The Balaban J connectivity index is 1.59. The van der Waals surface area contributed by atoms with Crippen molar-refractivity contribution >= 4 is 33.6 Å². The molecular weight excluding hydrogens is 442 g/mol. The largest absolute Gasteiger partial charge is 0.379 e. The van der Waals surface area contributed by atoms with E-state index < -0.39 is 27.5 Å². The molecule has 2 aromatic rings. The minimum atomic E-state index is -3.68. The molecule has 0 radical (unpaired) electrons. The van der Waals surface area contributed by atoms with E-state index in [4.69, 9.17) is 16.3 Å². The van der Waals surface area contributed by atoms with Crippen molar-refractivity contribution in [1.82, 2.24) is 14.5 Å². The summed E-state index contributed by atoms with van der Waals surface area (Å²) in [7, 11) is -3.68. The summed E-state index contributed by atoms with van der Waals surface area (Å²) in [5.41, 5.74) is -0.269. The third-order valence-corrected chi connectivity index (χ3v) is 7.76. The summed E-state index contributed by atoms with van der Waals surface area (Å²) in [5, 5.41) is 3.09. The zero-order valence-electron chi connectivity index (χ0n) is 16.9. The number of benzene rings is 2. The fraction of sp³-hybridized carbons (Fsp3) is 0.333. The number of nitrogens with one attached hydrogen (secondary N) is 1. The quantitative estimate of drug-likeness (QED) is 0.686. The Kier molecular flexibility index (Phi) is 5.78. The summed E-state index contributed by atoms with van der Waals surface area (Å²) >= 11 is 6.26. The molecule has 0 aromatic heterocycles. The maximum atomic E-state index is 13.2. The molecule has 2 heterocycles. The van der Waals surface area contributed by atoms with E-state index in [0.29, 0.717) is 29.4 Å². The van der Waals surface area contributed by atoms with Crippen molar-refractivity contribution in [1.29, 1.82) is 0 Å². The first-order valence-corrected chi connectivity index (χ1v) is 11.6. The average Bonchev–Trinajstić information content (AvgIpc) is 2.98. The topological polar surface area (TPSA) is 96.0 Å². The van der Waals surface area contributed by atoms with Gasteiger partial charge in [0.05, 0.1) is 24.7 Å². The molecule has 0 saturated carbocycles. The van der Waals surface area contributed by atoms with E-state index in [1.54, 1.807) is 43.3 Å². The van der Waals surface area contributed by atoms with Crippen LogP contribution in [0.1, 0.15) is 18.1 Å². The van der Waals surface area contributed by atoms with Crippen molar-refractivity contribution in [2.24, 2.45) is 0 Å². The molecule has 1 atom stereocenters. The molecule has 2 aromatic carbocycles. The number of amides is 3. The van der Waals surface area contributed by atoms with Crippen LogP contribution in [0.4, 0.5) is 4.79 Å². The van der Waals surface area contributed by atoms with E-state index in [2.05, 4.69) is 5.32 Å². The summed E-state index contributed by atoms with van der Waals surface area (Å²) in [5.74, 6) is -0.452. The number of halogens is 1. The molecule has 0 aliphatic carbocycles. The van der Waals surface area contributed by atoms with Gasteiger partial charge in [-0.1, -0.05) is 41.9 Å². The van der Waals surface area contributed by atoms with Gasteiger partial charge in [-0.05, 0) is 30.7 Å². The predicted molar refractivity (Wildman–Crippen MR) is 114 cm³/mol. The maximum absolute atomic E-state index is 13.2. The molecule has 4 rings (SSSR count). The van der Waals surface area contributed by atoms with Gasteiger partial charge in [0.15, 0.2) is 0 Å². The summed E-state index contributed by atoms with van der Waals surface area (Å²) in [6.45, 7) is 2.82. The molecule has 0 unspecified atom stereocenters. The molecule has 8 nitrogen and oxygen atoms in total. The van der Waals surface area contributed by atoms with Crippen LogP contribution in [0, 0.1) is 0 Å². The number of urea groups is 1. The van der Waals surface area contributed by atoms with Gasteiger partial charge in [0.1, 0.15) is 5.54 Å². The van der Waals surface area contributed by atoms with Crippen molar-refractivity contribution < 1.29 is 22.7 Å². The van der Waals surface area contributed by atoms with Crippen molar-refractivity contribution in [3.05, 3.63) is 64.7 Å². The lowest BCUT2D eigenvalue weighted by Gasteiger charge is -2.26. The van der Waals surface area contributed by atoms with E-state index >= 15 is 0 Å². The number of hydrogen-bond donors (Lipinski definition) is 1. The standard InChI is InChI=1S/C21H22ClN3O5S/c1-21(17-7-2-3-8-18(17)22)19(26)25(20(27)23-21)14-15-5-4-6-16(13-15)31(28,29)24-9-11-30-12-10-24/h2-8,13H,9-12,14H2,1H3,(H,23,27)/t21-/m1/s1. The van der Waals surface area contributed by atoms with Gasteiger partial charge in [-0.2, -0.15) is 4.31 Å². The third-order valence-electron chi connectivity index (χ3n) is 5.53. The Bertz CT molecular complexity index is 1130. The predicted octanol–water partition coefficient (Wildman–Crippen LogP) is 2.33. The van der Waals surface area contributed by atoms with E-state index in [1.807, 2.05) is 0 Å². The third kappa shape index (κ3) is 3.94. The van der Waals surface area contributed by atoms with Gasteiger partial charge in [-0.25, -0.2) is 13.2 Å². The van der Waals surface area contributed by atoms with Gasteiger partial charge in [-0.3, -0.25) is 9.69 Å². The minimum absolute atomic E-state index is 0.0584. The number of ether oxygens (including phenoxy) is 1. The zero-order chi connectivity index (χ0) is 22.2. The molecule has 2 saturated heterocycles. The monoisotopic (exact) mass is 463 g/mol. The highest BCUT2D eigenvalue weighted by Crippen LogP contribution is 2.34. The van der Waals surface area contributed by atoms with Crippen LogP contribution in [0.25, 0.3) is 0 Å². The van der Waals surface area contributed by atoms with Gasteiger partial charge >= 0.3 is 6.03 Å². The lowest BCUT2D eigenvalue weighted by Crippen LogP contribution is -2.41. The summed E-state index contributed by atoms with van der Waals surface area (Å²) in [6.07, 6.45) is 0. The summed E-state index contributed by atoms with van der Waals surface area (Å²) in [4.78, 5) is 27.0. The number of sulfonamides is 1. The smallest absolute Gasteiger partial charge is 0.325 e. The van der Waals surface area contributed by atoms with Crippen molar-refractivity contribution in [3.63, 3.8) is 0 Å². The van der Waals surface area contributed by atoms with Gasteiger partial charge in [0, 0.05) is 23.7 Å². The number of imide groups is 1. The van der Waals surface area contributed by atoms with Crippen LogP contribution in [0.5, 0.6) is 0 Å². The molecule has 3 amide bonds. The highest BCUT2D eigenvalue weighted by Gasteiger charge is 2.49. The molecule has 2 aliphatic heterocycles. The summed E-state index contributed by atoms with van der Waals surface area (Å²) < 4.78 is 32.5. The van der Waals surface area contributed by atoms with Crippen LogP contribution in [0.3, 0.4) is 0 Å². The second-order valence-corrected chi connectivity index (χ2v) is 9.94. The SMILES string of the molecule is C[C@]1(c2ccccc2Cl)NC(=O)N(Cc2cccc(S(=O)(=O)N3CCOCC3)c2)C1=O. The lowest BCUT2D eigenvalue weighted by atomic mass is 9.92. The molecule has 1 N–H and O–H groups in total. The van der Waals surface area contributed by atoms with Gasteiger partial charge < -0.3 is 10.1 Å². The molecule has 2 fully saturated rings. The van der Waals surface area contributed by atoms with Gasteiger partial charge in [-0.15, -0.1) is 0 Å². The van der Waals surface area contributed by atoms with Crippen LogP contribution in [-0.2, 0) is 31.6 Å². The van der Waals surface area contributed by atoms with Crippen LogP contribution in [0.15, 0.2) is 53.4 Å². The van der Waals surface area contributed by atoms with E-state index in [1.165, 1.54) is 16.4 Å². The van der Waals surface area contributed by atoms with Crippen molar-refractivity contribution in [2.45, 2.75) is 23.9 Å².